The number of nitrogens with zero attached hydrogens (tertiary/aromatic N) is 3. The van der Waals surface area contributed by atoms with Crippen LogP contribution in [0, 0.1) is 5.92 Å². The maximum Gasteiger partial charge on any atom is 0.246 e. The quantitative estimate of drug-likeness (QED) is 0.799. The number of hydrogen-bond acceptors (Lipinski definition) is 3. The number of hydrogen-bond donors (Lipinski definition) is 0. The molecule has 19 heavy (non-hydrogen) atoms. The molecule has 0 amide bonds. The van der Waals surface area contributed by atoms with Gasteiger partial charge in [-0.15, -0.1) is 11.6 Å². The second kappa shape index (κ2) is 6.24. The summed E-state index contributed by atoms with van der Waals surface area (Å²) in [5, 5.41) is 4.03. The van der Waals surface area contributed by atoms with Crippen LogP contribution in [0.1, 0.15) is 26.2 Å². The Labute approximate surface area is 119 Å². The van der Waals surface area contributed by atoms with Crippen molar-refractivity contribution in [1.82, 2.24) is 14.1 Å². The minimum absolute atomic E-state index is 0.271. The first-order valence-electron chi connectivity index (χ1n) is 6.62. The molecule has 5 nitrogen and oxygen atoms in total. The maximum absolute atomic E-state index is 12.5. The van der Waals surface area contributed by atoms with Crippen LogP contribution in [0.25, 0.3) is 0 Å². The maximum atomic E-state index is 12.5. The summed E-state index contributed by atoms with van der Waals surface area (Å²) in [6, 6.07) is 0. The Morgan fingerprint density at radius 1 is 1.42 bits per heavy atom. The number of aromatic nitrogens is 2. The Balaban J connectivity index is 2.15. The predicted octanol–water partition coefficient (Wildman–Crippen LogP) is 1.93. The highest BCUT2D eigenvalue weighted by molar-refractivity contribution is 7.89. The molecule has 2 heterocycles. The van der Waals surface area contributed by atoms with Crippen molar-refractivity contribution in [3.05, 3.63) is 12.4 Å². The summed E-state index contributed by atoms with van der Waals surface area (Å²) in [6.07, 6.45) is 5.92. The molecule has 0 N–H and O–H groups in total. The lowest BCUT2D eigenvalue weighted by molar-refractivity contribution is 0.416. The van der Waals surface area contributed by atoms with E-state index in [4.69, 9.17) is 11.6 Å². The van der Waals surface area contributed by atoms with Crippen molar-refractivity contribution >= 4 is 21.6 Å². The minimum atomic E-state index is -3.40. The van der Waals surface area contributed by atoms with Crippen LogP contribution in [-0.4, -0.2) is 41.5 Å². The topological polar surface area (TPSA) is 55.2 Å². The van der Waals surface area contributed by atoms with Gasteiger partial charge in [0.05, 0.1) is 12.7 Å². The summed E-state index contributed by atoms with van der Waals surface area (Å²) < 4.78 is 28.2. The molecule has 1 aliphatic heterocycles. The van der Waals surface area contributed by atoms with Crippen LogP contribution in [0.2, 0.25) is 0 Å². The second-order valence-electron chi connectivity index (χ2n) is 5.07. The van der Waals surface area contributed by atoms with Gasteiger partial charge in [0.1, 0.15) is 4.90 Å². The molecule has 2 rings (SSSR count). The normalized spacial score (nSPS) is 22.3. The standard InChI is InChI=1S/C12H20ClN3O2S/c1-11-3-2-6-16(7-4-11)19(17,18)12-9-14-15(10-12)8-5-13/h9-11H,2-8H2,1H3. The smallest absolute Gasteiger partial charge is 0.246 e. The van der Waals surface area contributed by atoms with Gasteiger partial charge in [-0.3, -0.25) is 4.68 Å². The second-order valence-corrected chi connectivity index (χ2v) is 7.38. The van der Waals surface area contributed by atoms with Gasteiger partial charge in [0.25, 0.3) is 0 Å². The van der Waals surface area contributed by atoms with Crippen LogP contribution in [-0.2, 0) is 16.6 Å². The lowest BCUT2D eigenvalue weighted by Crippen LogP contribution is -2.31. The van der Waals surface area contributed by atoms with E-state index in [1.165, 1.54) is 6.20 Å². The molecule has 1 aliphatic rings. The van der Waals surface area contributed by atoms with Gasteiger partial charge in [0, 0.05) is 25.2 Å². The first-order chi connectivity index (χ1) is 9.04. The fourth-order valence-corrected chi connectivity index (χ4v) is 3.93. The van der Waals surface area contributed by atoms with Crippen LogP contribution in [0.15, 0.2) is 17.3 Å². The van der Waals surface area contributed by atoms with E-state index >= 15 is 0 Å². The van der Waals surface area contributed by atoms with E-state index < -0.39 is 10.0 Å². The third-order valence-corrected chi connectivity index (χ3v) is 5.56. The van der Waals surface area contributed by atoms with Crippen molar-refractivity contribution in [1.29, 1.82) is 0 Å². The summed E-state index contributed by atoms with van der Waals surface area (Å²) in [7, 11) is -3.40. The Morgan fingerprint density at radius 2 is 2.21 bits per heavy atom. The van der Waals surface area contributed by atoms with Crippen LogP contribution in [0.5, 0.6) is 0 Å². The number of rotatable bonds is 4. The van der Waals surface area contributed by atoms with E-state index in [1.807, 2.05) is 0 Å². The molecule has 7 heteroatoms. The molecule has 1 atom stereocenters. The van der Waals surface area contributed by atoms with E-state index in [0.29, 0.717) is 31.4 Å². The number of aryl methyl sites for hydroxylation is 1. The van der Waals surface area contributed by atoms with Gasteiger partial charge in [-0.1, -0.05) is 6.92 Å². The predicted molar refractivity (Wildman–Crippen MR) is 74.7 cm³/mol. The van der Waals surface area contributed by atoms with Gasteiger partial charge in [0.2, 0.25) is 10.0 Å². The fraction of sp³-hybridized carbons (Fsp3) is 0.750. The Kier molecular flexibility index (Phi) is 4.86. The van der Waals surface area contributed by atoms with E-state index in [-0.39, 0.29) is 4.90 Å². The van der Waals surface area contributed by atoms with Crippen LogP contribution >= 0.6 is 11.6 Å². The lowest BCUT2D eigenvalue weighted by Gasteiger charge is -2.18. The fourth-order valence-electron chi connectivity index (χ4n) is 2.31. The molecule has 0 saturated carbocycles. The highest BCUT2D eigenvalue weighted by Crippen LogP contribution is 2.22. The Bertz CT molecular complexity index is 515. The SMILES string of the molecule is CC1CCCN(S(=O)(=O)c2cnn(CCCl)c2)CC1. The molecule has 1 fully saturated rings. The number of halogens is 1. The van der Waals surface area contributed by atoms with Gasteiger partial charge in [-0.2, -0.15) is 9.40 Å². The third-order valence-electron chi connectivity index (χ3n) is 3.54. The summed E-state index contributed by atoms with van der Waals surface area (Å²) in [4.78, 5) is 0.271. The third kappa shape index (κ3) is 3.49. The van der Waals surface area contributed by atoms with E-state index in [2.05, 4.69) is 12.0 Å². The molecule has 0 aliphatic carbocycles. The summed E-state index contributed by atoms with van der Waals surface area (Å²) in [5.41, 5.74) is 0. The highest BCUT2D eigenvalue weighted by atomic mass is 35.5. The van der Waals surface area contributed by atoms with Gasteiger partial charge in [0.15, 0.2) is 0 Å². The molecule has 0 bridgehead atoms. The van der Waals surface area contributed by atoms with E-state index in [9.17, 15) is 8.42 Å². The Morgan fingerprint density at radius 3 is 2.95 bits per heavy atom. The molecule has 1 aromatic heterocycles. The Hall–Kier alpha value is -0.590. The molecule has 1 aromatic rings. The lowest BCUT2D eigenvalue weighted by atomic mass is 10.0. The first-order valence-corrected chi connectivity index (χ1v) is 8.60. The zero-order chi connectivity index (χ0) is 13.9. The highest BCUT2D eigenvalue weighted by Gasteiger charge is 2.27. The molecule has 1 unspecified atom stereocenters. The molecule has 108 valence electrons. The van der Waals surface area contributed by atoms with Crippen LogP contribution in [0.3, 0.4) is 0 Å². The number of sulfonamides is 1. The van der Waals surface area contributed by atoms with Crippen molar-refractivity contribution < 1.29 is 8.42 Å². The molecule has 0 spiro atoms. The van der Waals surface area contributed by atoms with Gasteiger partial charge in [-0.25, -0.2) is 8.42 Å². The van der Waals surface area contributed by atoms with Crippen LogP contribution < -0.4 is 0 Å². The number of alkyl halides is 1. The van der Waals surface area contributed by atoms with Crippen molar-refractivity contribution in [2.24, 2.45) is 5.92 Å². The van der Waals surface area contributed by atoms with Crippen molar-refractivity contribution in [2.45, 2.75) is 37.6 Å². The molecule has 0 radical (unpaired) electrons. The zero-order valence-electron chi connectivity index (χ0n) is 11.1. The average Bonchev–Trinajstić information content (AvgIpc) is 2.72. The van der Waals surface area contributed by atoms with Crippen LogP contribution in [0.4, 0.5) is 0 Å². The average molecular weight is 306 g/mol. The first kappa shape index (κ1) is 14.8. The largest absolute Gasteiger partial charge is 0.270 e. The van der Waals surface area contributed by atoms with Gasteiger partial charge >= 0.3 is 0 Å². The molecular weight excluding hydrogens is 286 g/mol. The van der Waals surface area contributed by atoms with Crippen molar-refractivity contribution in [2.75, 3.05) is 19.0 Å². The summed E-state index contributed by atoms with van der Waals surface area (Å²) >= 11 is 5.63. The van der Waals surface area contributed by atoms with E-state index in [1.54, 1.807) is 15.2 Å². The molecular formula is C12H20ClN3O2S. The van der Waals surface area contributed by atoms with Gasteiger partial charge < -0.3 is 0 Å². The minimum Gasteiger partial charge on any atom is -0.270 e. The summed E-state index contributed by atoms with van der Waals surface area (Å²) in [5.74, 6) is 1.02. The van der Waals surface area contributed by atoms with Crippen molar-refractivity contribution in [3.63, 3.8) is 0 Å². The molecule has 0 aromatic carbocycles. The van der Waals surface area contributed by atoms with Gasteiger partial charge in [-0.05, 0) is 25.2 Å². The summed E-state index contributed by atoms with van der Waals surface area (Å²) in [6.45, 7) is 3.90. The van der Waals surface area contributed by atoms with E-state index in [0.717, 1.165) is 19.3 Å². The van der Waals surface area contributed by atoms with Crippen molar-refractivity contribution in [3.8, 4) is 0 Å². The molecule has 1 saturated heterocycles. The zero-order valence-corrected chi connectivity index (χ0v) is 12.7. The monoisotopic (exact) mass is 305 g/mol.